The molecule has 2 aromatic rings. The van der Waals surface area contributed by atoms with Gasteiger partial charge in [0.1, 0.15) is 5.82 Å². The first kappa shape index (κ1) is 19.6. The summed E-state index contributed by atoms with van der Waals surface area (Å²) in [5.41, 5.74) is 3.81. The molecule has 29 heavy (non-hydrogen) atoms. The molecule has 2 amide bonds. The quantitative estimate of drug-likeness (QED) is 0.837. The molecule has 2 aliphatic rings. The van der Waals surface area contributed by atoms with E-state index in [-0.39, 0.29) is 17.9 Å². The van der Waals surface area contributed by atoms with E-state index in [1.165, 1.54) is 6.07 Å². The van der Waals surface area contributed by atoms with Crippen LogP contribution in [-0.2, 0) is 0 Å². The summed E-state index contributed by atoms with van der Waals surface area (Å²) in [5.74, 6) is -0.618. The summed E-state index contributed by atoms with van der Waals surface area (Å²) in [4.78, 5) is 27.1. The molecular weight excluding hydrogens is 369 g/mol. The lowest BCUT2D eigenvalue weighted by Gasteiger charge is -2.28. The minimum absolute atomic E-state index is 0.0241. The number of benzene rings is 2. The Kier molecular flexibility index (Phi) is 5.37. The third kappa shape index (κ3) is 4.17. The summed E-state index contributed by atoms with van der Waals surface area (Å²) in [7, 11) is 0. The van der Waals surface area contributed by atoms with Gasteiger partial charge < -0.3 is 15.5 Å². The Bertz CT molecular complexity index is 963. The van der Waals surface area contributed by atoms with Crippen molar-refractivity contribution in [3.63, 3.8) is 0 Å². The number of amides is 2. The van der Waals surface area contributed by atoms with E-state index in [2.05, 4.69) is 10.6 Å². The summed E-state index contributed by atoms with van der Waals surface area (Å²) < 4.78 is 14.5. The molecule has 6 heteroatoms. The third-order valence-electron chi connectivity index (χ3n) is 5.69. The Labute approximate surface area is 170 Å². The van der Waals surface area contributed by atoms with Gasteiger partial charge in [0.05, 0.1) is 0 Å². The molecule has 5 nitrogen and oxygen atoms in total. The molecule has 1 aliphatic carbocycles. The molecule has 1 heterocycles. The fourth-order valence-electron chi connectivity index (χ4n) is 3.72. The van der Waals surface area contributed by atoms with E-state index in [1.54, 1.807) is 13.0 Å². The van der Waals surface area contributed by atoms with Crippen LogP contribution in [0.2, 0.25) is 0 Å². The highest BCUT2D eigenvalue weighted by Crippen LogP contribution is 2.29. The Morgan fingerprint density at radius 1 is 1.10 bits per heavy atom. The number of nitrogens with zero attached hydrogens (tertiary/aromatic N) is 1. The lowest BCUT2D eigenvalue weighted by atomic mass is 9.94. The maximum Gasteiger partial charge on any atom is 0.254 e. The first-order chi connectivity index (χ1) is 13.9. The largest absolute Gasteiger partial charge is 0.349 e. The molecule has 152 valence electrons. The SMILES string of the molecule is Cc1cc(-c2cc(C(=O)NC3CC3)cc(F)c2C)ccc1C(=O)N1CCNCC1. The number of nitrogens with one attached hydrogen (secondary N) is 2. The molecule has 0 unspecified atom stereocenters. The fraction of sp³-hybridized carbons (Fsp3) is 0.391. The zero-order valence-corrected chi connectivity index (χ0v) is 16.8. The van der Waals surface area contributed by atoms with Crippen molar-refractivity contribution in [1.29, 1.82) is 0 Å². The van der Waals surface area contributed by atoms with Crippen LogP contribution >= 0.6 is 0 Å². The Balaban J connectivity index is 1.64. The van der Waals surface area contributed by atoms with Crippen LogP contribution in [0, 0.1) is 19.7 Å². The minimum atomic E-state index is -0.401. The molecule has 0 atom stereocenters. The predicted octanol–water partition coefficient (Wildman–Crippen LogP) is 3.05. The van der Waals surface area contributed by atoms with Crippen molar-refractivity contribution in [2.24, 2.45) is 0 Å². The van der Waals surface area contributed by atoms with Crippen LogP contribution < -0.4 is 10.6 Å². The molecular formula is C23H26FN3O2. The zero-order valence-electron chi connectivity index (χ0n) is 16.8. The van der Waals surface area contributed by atoms with Crippen LogP contribution in [0.25, 0.3) is 11.1 Å². The third-order valence-corrected chi connectivity index (χ3v) is 5.69. The smallest absolute Gasteiger partial charge is 0.254 e. The normalized spacial score (nSPS) is 16.6. The Morgan fingerprint density at radius 3 is 2.48 bits per heavy atom. The molecule has 2 N–H and O–H groups in total. The average molecular weight is 395 g/mol. The maximum absolute atomic E-state index is 14.5. The summed E-state index contributed by atoms with van der Waals surface area (Å²) in [6.45, 7) is 6.61. The van der Waals surface area contributed by atoms with Crippen molar-refractivity contribution in [2.75, 3.05) is 26.2 Å². The fourth-order valence-corrected chi connectivity index (χ4v) is 3.72. The summed E-state index contributed by atoms with van der Waals surface area (Å²) in [6.07, 6.45) is 1.96. The monoisotopic (exact) mass is 395 g/mol. The van der Waals surface area contributed by atoms with Crippen molar-refractivity contribution >= 4 is 11.8 Å². The average Bonchev–Trinajstić information content (AvgIpc) is 3.54. The van der Waals surface area contributed by atoms with Crippen molar-refractivity contribution in [3.05, 3.63) is 58.4 Å². The molecule has 0 spiro atoms. The van der Waals surface area contributed by atoms with E-state index in [0.29, 0.717) is 35.3 Å². The van der Waals surface area contributed by atoms with Crippen LogP contribution in [0.15, 0.2) is 30.3 Å². The maximum atomic E-state index is 14.5. The molecule has 1 aliphatic heterocycles. The lowest BCUT2D eigenvalue weighted by Crippen LogP contribution is -2.46. The van der Waals surface area contributed by atoms with Gasteiger partial charge in [-0.05, 0) is 67.1 Å². The summed E-state index contributed by atoms with van der Waals surface area (Å²) in [6, 6.07) is 8.80. The molecule has 0 radical (unpaired) electrons. The highest BCUT2D eigenvalue weighted by atomic mass is 19.1. The highest BCUT2D eigenvalue weighted by molar-refractivity contribution is 5.98. The van der Waals surface area contributed by atoms with Crippen LogP contribution in [0.3, 0.4) is 0 Å². The summed E-state index contributed by atoms with van der Waals surface area (Å²) in [5, 5.41) is 6.15. The van der Waals surface area contributed by atoms with Crippen molar-refractivity contribution < 1.29 is 14.0 Å². The first-order valence-electron chi connectivity index (χ1n) is 10.2. The minimum Gasteiger partial charge on any atom is -0.349 e. The molecule has 1 saturated carbocycles. The van der Waals surface area contributed by atoms with Gasteiger partial charge in [0.15, 0.2) is 0 Å². The van der Waals surface area contributed by atoms with Gasteiger partial charge in [-0.1, -0.05) is 12.1 Å². The molecule has 2 aromatic carbocycles. The number of carbonyl (C=O) groups is 2. The first-order valence-corrected chi connectivity index (χ1v) is 10.2. The number of carbonyl (C=O) groups excluding carboxylic acids is 2. The topological polar surface area (TPSA) is 61.4 Å². The standard InChI is InChI=1S/C23H26FN3O2/c1-14-11-16(3-6-19(14)23(29)27-9-7-25-8-10-27)20-12-17(13-21(24)15(20)2)22(28)26-18-4-5-18/h3,6,11-13,18,25H,4-5,7-10H2,1-2H3,(H,26,28). The number of halogens is 1. The van der Waals surface area contributed by atoms with Gasteiger partial charge in [0, 0.05) is 43.3 Å². The van der Waals surface area contributed by atoms with Gasteiger partial charge in [-0.15, -0.1) is 0 Å². The second-order valence-electron chi connectivity index (χ2n) is 7.95. The van der Waals surface area contributed by atoms with E-state index in [1.807, 2.05) is 30.0 Å². The van der Waals surface area contributed by atoms with E-state index >= 15 is 0 Å². The molecule has 0 bridgehead atoms. The zero-order chi connectivity index (χ0) is 20.5. The van der Waals surface area contributed by atoms with Gasteiger partial charge in [-0.3, -0.25) is 9.59 Å². The molecule has 1 saturated heterocycles. The van der Waals surface area contributed by atoms with Gasteiger partial charge in [-0.25, -0.2) is 4.39 Å². The Hall–Kier alpha value is -2.73. The Morgan fingerprint density at radius 2 is 1.83 bits per heavy atom. The van der Waals surface area contributed by atoms with Crippen LogP contribution in [0.1, 0.15) is 44.7 Å². The number of hydrogen-bond acceptors (Lipinski definition) is 3. The lowest BCUT2D eigenvalue weighted by molar-refractivity contribution is 0.0735. The molecule has 0 aromatic heterocycles. The van der Waals surface area contributed by atoms with Crippen molar-refractivity contribution in [1.82, 2.24) is 15.5 Å². The summed E-state index contributed by atoms with van der Waals surface area (Å²) >= 11 is 0. The predicted molar refractivity (Wildman–Crippen MR) is 111 cm³/mol. The number of aryl methyl sites for hydroxylation is 1. The van der Waals surface area contributed by atoms with Crippen LogP contribution in [0.4, 0.5) is 4.39 Å². The van der Waals surface area contributed by atoms with Crippen LogP contribution in [0.5, 0.6) is 0 Å². The van der Waals surface area contributed by atoms with Gasteiger partial charge in [0.2, 0.25) is 0 Å². The molecule has 4 rings (SSSR count). The second kappa shape index (κ2) is 7.95. The number of piperazine rings is 1. The molecule has 2 fully saturated rings. The van der Waals surface area contributed by atoms with Crippen LogP contribution in [-0.4, -0.2) is 48.9 Å². The van der Waals surface area contributed by atoms with Crippen molar-refractivity contribution in [2.45, 2.75) is 32.7 Å². The van der Waals surface area contributed by atoms with Gasteiger partial charge in [-0.2, -0.15) is 0 Å². The van der Waals surface area contributed by atoms with E-state index in [9.17, 15) is 14.0 Å². The highest BCUT2D eigenvalue weighted by Gasteiger charge is 2.25. The second-order valence-corrected chi connectivity index (χ2v) is 7.95. The number of rotatable bonds is 4. The van der Waals surface area contributed by atoms with Gasteiger partial charge in [0.25, 0.3) is 11.8 Å². The van der Waals surface area contributed by atoms with E-state index in [4.69, 9.17) is 0 Å². The van der Waals surface area contributed by atoms with Gasteiger partial charge >= 0.3 is 0 Å². The van der Waals surface area contributed by atoms with E-state index < -0.39 is 5.82 Å². The van der Waals surface area contributed by atoms with E-state index in [0.717, 1.165) is 37.1 Å². The number of hydrogen-bond donors (Lipinski definition) is 2. The van der Waals surface area contributed by atoms with Crippen molar-refractivity contribution in [3.8, 4) is 11.1 Å².